The van der Waals surface area contributed by atoms with Crippen LogP contribution in [0.5, 0.6) is 5.75 Å². The number of methoxy groups -OCH3 is 1. The Kier molecular flexibility index (Phi) is 8.06. The molecule has 186 valence electrons. The first-order chi connectivity index (χ1) is 17.0. The van der Waals surface area contributed by atoms with Gasteiger partial charge in [-0.05, 0) is 68.5 Å². The van der Waals surface area contributed by atoms with Crippen molar-refractivity contribution in [2.75, 3.05) is 20.2 Å². The summed E-state index contributed by atoms with van der Waals surface area (Å²) in [5.74, 6) is 0.267. The number of nitrogens with one attached hydrogen (secondary N) is 2. The Morgan fingerprint density at radius 2 is 1.57 bits per heavy atom. The summed E-state index contributed by atoms with van der Waals surface area (Å²) in [5.41, 5.74) is 2.20. The third-order valence-electron chi connectivity index (χ3n) is 7.22. The Labute approximate surface area is 207 Å². The van der Waals surface area contributed by atoms with E-state index in [0.29, 0.717) is 30.0 Å². The van der Waals surface area contributed by atoms with Gasteiger partial charge in [0.25, 0.3) is 11.8 Å². The minimum absolute atomic E-state index is 0.0285. The lowest BCUT2D eigenvalue weighted by Gasteiger charge is -2.36. The number of carbonyl (C=O) groups excluding carboxylic acids is 3. The van der Waals surface area contributed by atoms with Crippen molar-refractivity contribution in [3.63, 3.8) is 0 Å². The number of likely N-dealkylation sites (tertiary alicyclic amines) is 1. The Bertz CT molecular complexity index is 1050. The highest BCUT2D eigenvalue weighted by atomic mass is 16.5. The SMILES string of the molecule is COc1ccc(C(=O)N2CCC[C@H](C(=O)N[C@@H]3CCCC[C@H]3NC(=O)c3ccccc3C)C2)cc1. The number of aryl methyl sites for hydroxylation is 1. The van der Waals surface area contributed by atoms with Gasteiger partial charge in [-0.1, -0.05) is 31.0 Å². The van der Waals surface area contributed by atoms with Crippen molar-refractivity contribution < 1.29 is 19.1 Å². The summed E-state index contributed by atoms with van der Waals surface area (Å²) in [7, 11) is 1.59. The molecule has 2 fully saturated rings. The van der Waals surface area contributed by atoms with Crippen LogP contribution in [0, 0.1) is 12.8 Å². The molecular formula is C28H35N3O4. The van der Waals surface area contributed by atoms with Gasteiger partial charge >= 0.3 is 0 Å². The number of nitrogens with zero attached hydrogens (tertiary/aromatic N) is 1. The summed E-state index contributed by atoms with van der Waals surface area (Å²) in [5, 5.41) is 6.38. The molecule has 3 amide bonds. The van der Waals surface area contributed by atoms with E-state index < -0.39 is 0 Å². The Balaban J connectivity index is 1.36. The monoisotopic (exact) mass is 477 g/mol. The summed E-state index contributed by atoms with van der Waals surface area (Å²) in [4.78, 5) is 40.9. The molecule has 35 heavy (non-hydrogen) atoms. The lowest BCUT2D eigenvalue weighted by Crippen LogP contribution is -2.55. The zero-order valence-corrected chi connectivity index (χ0v) is 20.6. The van der Waals surface area contributed by atoms with Gasteiger partial charge in [0.15, 0.2) is 0 Å². The van der Waals surface area contributed by atoms with Gasteiger partial charge in [0.05, 0.1) is 13.0 Å². The number of hydrogen-bond acceptors (Lipinski definition) is 4. The summed E-state index contributed by atoms with van der Waals surface area (Å²) in [6, 6.07) is 14.4. The maximum atomic E-state index is 13.2. The van der Waals surface area contributed by atoms with E-state index in [1.165, 1.54) is 0 Å². The lowest BCUT2D eigenvalue weighted by atomic mass is 9.88. The zero-order valence-electron chi connectivity index (χ0n) is 20.6. The van der Waals surface area contributed by atoms with Gasteiger partial charge in [-0.25, -0.2) is 0 Å². The number of rotatable bonds is 6. The summed E-state index contributed by atoms with van der Waals surface area (Å²) in [6.07, 6.45) is 5.28. The zero-order chi connectivity index (χ0) is 24.8. The fourth-order valence-electron chi connectivity index (χ4n) is 5.14. The minimum atomic E-state index is -0.249. The number of piperidine rings is 1. The van der Waals surface area contributed by atoms with Crippen LogP contribution in [0.3, 0.4) is 0 Å². The van der Waals surface area contributed by atoms with Crippen LogP contribution in [-0.4, -0.2) is 54.9 Å². The van der Waals surface area contributed by atoms with Crippen molar-refractivity contribution in [1.29, 1.82) is 0 Å². The molecule has 0 aromatic heterocycles. The number of amides is 3. The van der Waals surface area contributed by atoms with E-state index in [1.807, 2.05) is 31.2 Å². The number of hydrogen-bond donors (Lipinski definition) is 2. The molecule has 7 heteroatoms. The van der Waals surface area contributed by atoms with Gasteiger partial charge < -0.3 is 20.3 Å². The van der Waals surface area contributed by atoms with Crippen molar-refractivity contribution in [3.05, 3.63) is 65.2 Å². The Morgan fingerprint density at radius 1 is 0.886 bits per heavy atom. The first-order valence-electron chi connectivity index (χ1n) is 12.6. The molecule has 0 radical (unpaired) electrons. The highest BCUT2D eigenvalue weighted by molar-refractivity contribution is 5.96. The van der Waals surface area contributed by atoms with E-state index in [9.17, 15) is 14.4 Å². The highest BCUT2D eigenvalue weighted by Gasteiger charge is 2.33. The molecule has 2 aromatic carbocycles. The largest absolute Gasteiger partial charge is 0.497 e. The molecule has 7 nitrogen and oxygen atoms in total. The molecule has 2 aliphatic rings. The molecule has 0 unspecified atom stereocenters. The second-order valence-electron chi connectivity index (χ2n) is 9.61. The first-order valence-corrected chi connectivity index (χ1v) is 12.6. The summed E-state index contributed by atoms with van der Waals surface area (Å²) in [6.45, 7) is 2.98. The number of ether oxygens (including phenoxy) is 1. The Hall–Kier alpha value is -3.35. The third-order valence-corrected chi connectivity index (χ3v) is 7.22. The van der Waals surface area contributed by atoms with Gasteiger partial charge in [0, 0.05) is 36.3 Å². The van der Waals surface area contributed by atoms with E-state index in [0.717, 1.165) is 44.1 Å². The number of carbonyl (C=O) groups is 3. The fourth-order valence-corrected chi connectivity index (χ4v) is 5.14. The van der Waals surface area contributed by atoms with Gasteiger partial charge in [0.2, 0.25) is 5.91 Å². The smallest absolute Gasteiger partial charge is 0.253 e. The summed E-state index contributed by atoms with van der Waals surface area (Å²) >= 11 is 0. The van der Waals surface area contributed by atoms with Crippen molar-refractivity contribution in [3.8, 4) is 5.75 Å². The van der Waals surface area contributed by atoms with Gasteiger partial charge in [-0.3, -0.25) is 14.4 Å². The van der Waals surface area contributed by atoms with Crippen LogP contribution in [0.15, 0.2) is 48.5 Å². The second-order valence-corrected chi connectivity index (χ2v) is 9.61. The molecule has 1 aliphatic heterocycles. The molecule has 2 N–H and O–H groups in total. The number of benzene rings is 2. The third kappa shape index (κ3) is 6.02. The molecule has 1 aliphatic carbocycles. The van der Waals surface area contributed by atoms with Crippen molar-refractivity contribution in [1.82, 2.24) is 15.5 Å². The van der Waals surface area contributed by atoms with Crippen LogP contribution in [-0.2, 0) is 4.79 Å². The standard InChI is InChI=1S/C28H35N3O4/c1-19-8-3-4-10-23(19)27(33)30-25-12-6-5-11-24(25)29-26(32)21-9-7-17-31(18-21)28(34)20-13-15-22(35-2)16-14-20/h3-4,8,10,13-16,21,24-25H,5-7,9,11-12,17-18H2,1-2H3,(H,29,32)(H,30,33)/t21-,24+,25+/m0/s1. The lowest BCUT2D eigenvalue weighted by molar-refractivity contribution is -0.127. The molecule has 4 rings (SSSR count). The van der Waals surface area contributed by atoms with E-state index in [2.05, 4.69) is 10.6 Å². The molecule has 2 aromatic rings. The van der Waals surface area contributed by atoms with Crippen LogP contribution >= 0.6 is 0 Å². The first kappa shape index (κ1) is 24.8. The fraction of sp³-hybridized carbons (Fsp3) is 0.464. The van der Waals surface area contributed by atoms with Gasteiger partial charge in [0.1, 0.15) is 5.75 Å². The van der Waals surface area contributed by atoms with Crippen LogP contribution in [0.4, 0.5) is 0 Å². The van der Waals surface area contributed by atoms with E-state index in [1.54, 1.807) is 36.3 Å². The van der Waals surface area contributed by atoms with E-state index >= 15 is 0 Å². The maximum Gasteiger partial charge on any atom is 0.253 e. The molecule has 0 bridgehead atoms. The molecular weight excluding hydrogens is 442 g/mol. The van der Waals surface area contributed by atoms with E-state index in [4.69, 9.17) is 4.74 Å². The molecule has 3 atom stereocenters. The molecule has 1 saturated heterocycles. The van der Waals surface area contributed by atoms with Crippen LogP contribution in [0.2, 0.25) is 0 Å². The van der Waals surface area contributed by atoms with Crippen molar-refractivity contribution in [2.45, 2.75) is 57.5 Å². The van der Waals surface area contributed by atoms with Crippen molar-refractivity contribution >= 4 is 17.7 Å². The Morgan fingerprint density at radius 3 is 2.26 bits per heavy atom. The quantitative estimate of drug-likeness (QED) is 0.664. The predicted molar refractivity (Wildman–Crippen MR) is 134 cm³/mol. The predicted octanol–water partition coefficient (Wildman–Crippen LogP) is 3.71. The summed E-state index contributed by atoms with van der Waals surface area (Å²) < 4.78 is 5.17. The average molecular weight is 478 g/mol. The average Bonchev–Trinajstić information content (AvgIpc) is 2.89. The minimum Gasteiger partial charge on any atom is -0.497 e. The highest BCUT2D eigenvalue weighted by Crippen LogP contribution is 2.23. The maximum absolute atomic E-state index is 13.2. The molecule has 1 saturated carbocycles. The van der Waals surface area contributed by atoms with E-state index in [-0.39, 0.29) is 35.7 Å². The van der Waals surface area contributed by atoms with Gasteiger partial charge in [-0.15, -0.1) is 0 Å². The normalized spacial score (nSPS) is 22.2. The molecule has 0 spiro atoms. The molecule has 1 heterocycles. The van der Waals surface area contributed by atoms with Crippen LogP contribution in [0.25, 0.3) is 0 Å². The topological polar surface area (TPSA) is 87.7 Å². The van der Waals surface area contributed by atoms with Crippen LogP contribution in [0.1, 0.15) is 64.8 Å². The second kappa shape index (κ2) is 11.4. The van der Waals surface area contributed by atoms with Gasteiger partial charge in [-0.2, -0.15) is 0 Å². The van der Waals surface area contributed by atoms with Crippen LogP contribution < -0.4 is 15.4 Å². The van der Waals surface area contributed by atoms with Crippen molar-refractivity contribution in [2.24, 2.45) is 5.92 Å².